The van der Waals surface area contributed by atoms with E-state index in [2.05, 4.69) is 0 Å². The minimum absolute atomic E-state index is 0.296. The summed E-state index contributed by atoms with van der Waals surface area (Å²) in [4.78, 5) is 1.15. The molecule has 1 nitrogen and oxygen atoms in total. The zero-order valence-electron chi connectivity index (χ0n) is 10.4. The molecule has 1 unspecified atom stereocenters. The van der Waals surface area contributed by atoms with Crippen molar-refractivity contribution < 1.29 is 0 Å². The Kier molecular flexibility index (Phi) is 5.68. The lowest BCUT2D eigenvalue weighted by Crippen LogP contribution is -2.33. The summed E-state index contributed by atoms with van der Waals surface area (Å²) in [5.74, 6) is 1.66. The zero-order valence-corrected chi connectivity index (χ0v) is 12.7. The Hall–Kier alpha value is 0.110. The van der Waals surface area contributed by atoms with E-state index in [1.807, 2.05) is 18.2 Å². The molecular formula is C14H19Cl2NS. The zero-order chi connectivity index (χ0) is 13.0. The molecule has 0 amide bonds. The van der Waals surface area contributed by atoms with Gasteiger partial charge in [-0.1, -0.05) is 42.5 Å². The van der Waals surface area contributed by atoms with Gasteiger partial charge >= 0.3 is 0 Å². The predicted molar refractivity (Wildman–Crippen MR) is 81.7 cm³/mol. The molecule has 1 aliphatic carbocycles. The van der Waals surface area contributed by atoms with Gasteiger partial charge in [0.1, 0.15) is 0 Å². The molecule has 0 radical (unpaired) electrons. The Bertz CT molecular complexity index is 391. The summed E-state index contributed by atoms with van der Waals surface area (Å²) in [6.45, 7) is 0. The highest BCUT2D eigenvalue weighted by atomic mass is 35.5. The van der Waals surface area contributed by atoms with E-state index in [4.69, 9.17) is 28.9 Å². The van der Waals surface area contributed by atoms with E-state index < -0.39 is 0 Å². The molecule has 0 bridgehead atoms. The Morgan fingerprint density at radius 3 is 2.56 bits per heavy atom. The van der Waals surface area contributed by atoms with E-state index in [0.717, 1.165) is 10.6 Å². The van der Waals surface area contributed by atoms with Gasteiger partial charge in [0.15, 0.2) is 0 Å². The molecule has 1 aromatic carbocycles. The minimum atomic E-state index is 0.296. The van der Waals surface area contributed by atoms with Crippen molar-refractivity contribution in [2.24, 2.45) is 11.7 Å². The summed E-state index contributed by atoms with van der Waals surface area (Å²) in [7, 11) is 0. The van der Waals surface area contributed by atoms with Crippen molar-refractivity contribution in [3.05, 3.63) is 28.2 Å². The summed E-state index contributed by atoms with van der Waals surface area (Å²) in [6.07, 6.45) is 6.65. The average molecular weight is 304 g/mol. The number of hydrogen-bond acceptors (Lipinski definition) is 2. The quantitative estimate of drug-likeness (QED) is 0.793. The van der Waals surface area contributed by atoms with Crippen LogP contribution in [0, 0.1) is 5.92 Å². The number of hydrogen-bond donors (Lipinski definition) is 1. The van der Waals surface area contributed by atoms with E-state index in [-0.39, 0.29) is 0 Å². The predicted octanol–water partition coefficient (Wildman–Crippen LogP) is 4.99. The van der Waals surface area contributed by atoms with E-state index in [1.165, 1.54) is 32.1 Å². The van der Waals surface area contributed by atoms with Crippen LogP contribution in [0.15, 0.2) is 23.1 Å². The van der Waals surface area contributed by atoms with Gasteiger partial charge in [0.05, 0.1) is 10.0 Å². The number of halogens is 2. The van der Waals surface area contributed by atoms with Crippen LogP contribution in [0.25, 0.3) is 0 Å². The first-order valence-corrected chi connectivity index (χ1v) is 8.24. The molecule has 18 heavy (non-hydrogen) atoms. The van der Waals surface area contributed by atoms with Gasteiger partial charge < -0.3 is 5.73 Å². The monoisotopic (exact) mass is 303 g/mol. The molecule has 2 N–H and O–H groups in total. The molecule has 0 saturated heterocycles. The van der Waals surface area contributed by atoms with E-state index in [1.54, 1.807) is 11.8 Å². The number of rotatable bonds is 4. The van der Waals surface area contributed by atoms with Crippen molar-refractivity contribution in [2.75, 3.05) is 5.75 Å². The molecule has 100 valence electrons. The van der Waals surface area contributed by atoms with Gasteiger partial charge in [-0.25, -0.2) is 0 Å². The summed E-state index contributed by atoms with van der Waals surface area (Å²) < 4.78 is 0. The van der Waals surface area contributed by atoms with Crippen molar-refractivity contribution in [3.8, 4) is 0 Å². The third kappa shape index (κ3) is 4.06. The lowest BCUT2D eigenvalue weighted by Gasteiger charge is -2.27. The van der Waals surface area contributed by atoms with Gasteiger partial charge in [-0.15, -0.1) is 11.8 Å². The third-order valence-electron chi connectivity index (χ3n) is 3.59. The van der Waals surface area contributed by atoms with E-state index in [9.17, 15) is 0 Å². The maximum Gasteiger partial charge on any atom is 0.0603 e. The molecule has 1 aliphatic rings. The fraction of sp³-hybridized carbons (Fsp3) is 0.571. The van der Waals surface area contributed by atoms with Crippen molar-refractivity contribution >= 4 is 35.0 Å². The highest BCUT2D eigenvalue weighted by Gasteiger charge is 2.20. The number of benzene rings is 1. The molecule has 4 heteroatoms. The van der Waals surface area contributed by atoms with Crippen LogP contribution >= 0.6 is 35.0 Å². The van der Waals surface area contributed by atoms with E-state index in [0.29, 0.717) is 22.0 Å². The maximum absolute atomic E-state index is 6.28. The lowest BCUT2D eigenvalue weighted by molar-refractivity contribution is 0.319. The molecular weight excluding hydrogens is 285 g/mol. The second kappa shape index (κ2) is 7.04. The topological polar surface area (TPSA) is 26.0 Å². The largest absolute Gasteiger partial charge is 0.327 e. The molecule has 0 aliphatic heterocycles. The maximum atomic E-state index is 6.28. The van der Waals surface area contributed by atoms with Gasteiger partial charge in [-0.3, -0.25) is 0 Å². The summed E-state index contributed by atoms with van der Waals surface area (Å²) in [6, 6.07) is 6.07. The standard InChI is InChI=1S/C14H19Cl2NS/c15-12-7-6-11(8-13(12)16)18-9-14(17)10-4-2-1-3-5-10/h6-8,10,14H,1-5,9,17H2. The molecule has 1 fully saturated rings. The average Bonchev–Trinajstić information content (AvgIpc) is 2.41. The van der Waals surface area contributed by atoms with Crippen molar-refractivity contribution in [3.63, 3.8) is 0 Å². The molecule has 1 aromatic rings. The van der Waals surface area contributed by atoms with Crippen molar-refractivity contribution in [1.82, 2.24) is 0 Å². The van der Waals surface area contributed by atoms with Gasteiger partial charge in [0.2, 0.25) is 0 Å². The first-order valence-electron chi connectivity index (χ1n) is 6.50. The Morgan fingerprint density at radius 2 is 1.89 bits per heavy atom. The molecule has 0 aromatic heterocycles. The summed E-state index contributed by atoms with van der Waals surface area (Å²) in [5.41, 5.74) is 6.28. The Morgan fingerprint density at radius 1 is 1.17 bits per heavy atom. The summed E-state index contributed by atoms with van der Waals surface area (Å²) in [5, 5.41) is 1.23. The fourth-order valence-electron chi connectivity index (χ4n) is 2.46. The highest BCUT2D eigenvalue weighted by molar-refractivity contribution is 7.99. The van der Waals surface area contributed by atoms with Gasteiger partial charge in [0.25, 0.3) is 0 Å². The normalized spacial score (nSPS) is 18.8. The Labute approximate surface area is 123 Å². The SMILES string of the molecule is NC(CSc1ccc(Cl)c(Cl)c1)C1CCCCC1. The number of thioether (sulfide) groups is 1. The van der Waals surface area contributed by atoms with Gasteiger partial charge in [-0.05, 0) is 37.0 Å². The first kappa shape index (κ1) is 14.5. The fourth-order valence-corrected chi connectivity index (χ4v) is 3.84. The van der Waals surface area contributed by atoms with Crippen LogP contribution in [0.5, 0.6) is 0 Å². The van der Waals surface area contributed by atoms with Crippen LogP contribution in [0.4, 0.5) is 0 Å². The smallest absolute Gasteiger partial charge is 0.0603 e. The van der Waals surface area contributed by atoms with Crippen LogP contribution in [0.3, 0.4) is 0 Å². The molecule has 2 rings (SSSR count). The van der Waals surface area contributed by atoms with Crippen LogP contribution in [0.1, 0.15) is 32.1 Å². The van der Waals surface area contributed by atoms with Crippen LogP contribution < -0.4 is 5.73 Å². The molecule has 1 atom stereocenters. The minimum Gasteiger partial charge on any atom is -0.327 e. The van der Waals surface area contributed by atoms with Crippen molar-refractivity contribution in [2.45, 2.75) is 43.0 Å². The van der Waals surface area contributed by atoms with Crippen LogP contribution in [0.2, 0.25) is 10.0 Å². The van der Waals surface area contributed by atoms with Gasteiger partial charge in [-0.2, -0.15) is 0 Å². The molecule has 0 heterocycles. The van der Waals surface area contributed by atoms with E-state index >= 15 is 0 Å². The van der Waals surface area contributed by atoms with Gasteiger partial charge in [0, 0.05) is 16.7 Å². The Balaban J connectivity index is 1.84. The highest BCUT2D eigenvalue weighted by Crippen LogP contribution is 2.31. The first-order chi connectivity index (χ1) is 8.66. The third-order valence-corrected chi connectivity index (χ3v) is 5.47. The second-order valence-corrected chi connectivity index (χ2v) is 6.86. The van der Waals surface area contributed by atoms with Crippen LogP contribution in [-0.4, -0.2) is 11.8 Å². The van der Waals surface area contributed by atoms with Crippen molar-refractivity contribution in [1.29, 1.82) is 0 Å². The summed E-state index contributed by atoms with van der Waals surface area (Å²) >= 11 is 13.7. The lowest BCUT2D eigenvalue weighted by atomic mass is 9.85. The molecule has 0 spiro atoms. The second-order valence-electron chi connectivity index (χ2n) is 4.95. The van der Waals surface area contributed by atoms with Crippen LogP contribution in [-0.2, 0) is 0 Å². The number of nitrogens with two attached hydrogens (primary N) is 1. The molecule has 1 saturated carbocycles.